The molecule has 2 aromatic heterocycles. The third kappa shape index (κ3) is 3.26. The molecule has 0 radical (unpaired) electrons. The predicted octanol–water partition coefficient (Wildman–Crippen LogP) is 4.37. The number of nitrogens with zero attached hydrogens (tertiary/aromatic N) is 1. The minimum atomic E-state index is -1.09. The molecule has 2 heterocycles. The molecule has 2 N–H and O–H groups in total. The molecule has 0 amide bonds. The van der Waals surface area contributed by atoms with E-state index in [4.69, 9.17) is 4.74 Å². The molecule has 6 nitrogen and oxygen atoms in total. The van der Waals surface area contributed by atoms with Gasteiger partial charge in [-0.3, -0.25) is 4.79 Å². The molecule has 0 atom stereocenters. The summed E-state index contributed by atoms with van der Waals surface area (Å²) in [4.78, 5) is 27.6. The monoisotopic (exact) mass is 402 g/mol. The van der Waals surface area contributed by atoms with Crippen molar-refractivity contribution in [2.75, 3.05) is 7.11 Å². The van der Waals surface area contributed by atoms with Crippen molar-refractivity contribution in [3.8, 4) is 16.9 Å². The maximum Gasteiger partial charge on any atom is 0.353 e. The smallest absolute Gasteiger partial charge is 0.353 e. The van der Waals surface area contributed by atoms with Gasteiger partial charge in [0.2, 0.25) is 0 Å². The Morgan fingerprint density at radius 1 is 1.13 bits per heavy atom. The lowest BCUT2D eigenvalue weighted by Crippen LogP contribution is -2.14. The number of aromatic nitrogens is 2. The summed E-state index contributed by atoms with van der Waals surface area (Å²) in [5.41, 5.74) is 4.42. The van der Waals surface area contributed by atoms with Gasteiger partial charge in [-0.05, 0) is 55.3 Å². The van der Waals surface area contributed by atoms with Crippen LogP contribution in [0.1, 0.15) is 27.2 Å². The van der Waals surface area contributed by atoms with E-state index in [1.807, 2.05) is 32.0 Å². The first kappa shape index (κ1) is 19.5. The van der Waals surface area contributed by atoms with Crippen molar-refractivity contribution in [3.05, 3.63) is 87.5 Å². The summed E-state index contributed by atoms with van der Waals surface area (Å²) >= 11 is 0. The lowest BCUT2D eigenvalue weighted by molar-refractivity contribution is 0.0687. The molecule has 0 unspecified atom stereocenters. The second-order valence-corrected chi connectivity index (χ2v) is 7.34. The van der Waals surface area contributed by atoms with Crippen LogP contribution in [0.15, 0.2) is 59.5 Å². The second-order valence-electron chi connectivity index (χ2n) is 7.34. The molecule has 6 heteroatoms. The Bertz CT molecular complexity index is 1330. The summed E-state index contributed by atoms with van der Waals surface area (Å²) in [6.07, 6.45) is 1.53. The standard InChI is InChI=1S/C24H22N2O4/c1-14-6-7-16(15(2)11-14)13-26-20-9-8-17(30-3)12-19(20)21(22(26)24(28)29)18-5-4-10-25-23(18)27/h4-12H,13H2,1-3H3,(H,25,27)(H,28,29). The van der Waals surface area contributed by atoms with Crippen LogP contribution in [0.2, 0.25) is 0 Å². The predicted molar refractivity (Wildman–Crippen MR) is 117 cm³/mol. The summed E-state index contributed by atoms with van der Waals surface area (Å²) < 4.78 is 7.12. The summed E-state index contributed by atoms with van der Waals surface area (Å²) in [6.45, 7) is 4.41. The fraction of sp³-hybridized carbons (Fsp3) is 0.167. The Morgan fingerprint density at radius 2 is 1.93 bits per heavy atom. The molecule has 2 aromatic carbocycles. The molecule has 4 rings (SSSR count). The molecule has 0 saturated heterocycles. The van der Waals surface area contributed by atoms with Crippen LogP contribution in [0.5, 0.6) is 5.75 Å². The second kappa shape index (κ2) is 7.55. The highest BCUT2D eigenvalue weighted by Gasteiger charge is 2.25. The van der Waals surface area contributed by atoms with E-state index in [0.29, 0.717) is 28.8 Å². The quantitative estimate of drug-likeness (QED) is 0.519. The number of hydrogen-bond donors (Lipinski definition) is 2. The number of aryl methyl sites for hydroxylation is 2. The van der Waals surface area contributed by atoms with Gasteiger partial charge >= 0.3 is 5.97 Å². The molecule has 0 aliphatic heterocycles. The van der Waals surface area contributed by atoms with Crippen molar-refractivity contribution in [1.82, 2.24) is 9.55 Å². The van der Waals surface area contributed by atoms with Crippen molar-refractivity contribution in [3.63, 3.8) is 0 Å². The van der Waals surface area contributed by atoms with Crippen LogP contribution < -0.4 is 10.3 Å². The first-order chi connectivity index (χ1) is 14.4. The van der Waals surface area contributed by atoms with Crippen molar-refractivity contribution in [2.45, 2.75) is 20.4 Å². The average molecular weight is 402 g/mol. The minimum absolute atomic E-state index is 0.0786. The van der Waals surface area contributed by atoms with Crippen molar-refractivity contribution in [1.29, 1.82) is 0 Å². The van der Waals surface area contributed by atoms with Crippen molar-refractivity contribution < 1.29 is 14.6 Å². The highest BCUT2D eigenvalue weighted by atomic mass is 16.5. The zero-order chi connectivity index (χ0) is 21.4. The Kier molecular flexibility index (Phi) is 4.91. The largest absolute Gasteiger partial charge is 0.497 e. The number of methoxy groups -OCH3 is 1. The fourth-order valence-corrected chi connectivity index (χ4v) is 3.93. The normalized spacial score (nSPS) is 11.0. The van der Waals surface area contributed by atoms with E-state index in [9.17, 15) is 14.7 Å². The molecule has 0 spiro atoms. The lowest BCUT2D eigenvalue weighted by Gasteiger charge is -2.12. The van der Waals surface area contributed by atoms with Gasteiger partial charge in [0, 0.05) is 34.8 Å². The number of rotatable bonds is 5. The van der Waals surface area contributed by atoms with Crippen molar-refractivity contribution in [2.24, 2.45) is 0 Å². The molecule has 0 bridgehead atoms. The number of aromatic carboxylic acids is 1. The zero-order valence-corrected chi connectivity index (χ0v) is 17.0. The van der Waals surface area contributed by atoms with Gasteiger partial charge in [-0.1, -0.05) is 23.8 Å². The number of H-pyrrole nitrogens is 1. The highest BCUT2D eigenvalue weighted by molar-refractivity contribution is 6.08. The van der Waals surface area contributed by atoms with Gasteiger partial charge in [-0.15, -0.1) is 0 Å². The SMILES string of the molecule is COc1ccc2c(c1)c(-c1ccc[nH]c1=O)c(C(=O)O)n2Cc1ccc(C)cc1C. The van der Waals surface area contributed by atoms with Gasteiger partial charge in [0.05, 0.1) is 7.11 Å². The Balaban J connectivity index is 2.07. The van der Waals surface area contributed by atoms with Crippen LogP contribution in [-0.2, 0) is 6.54 Å². The Hall–Kier alpha value is -3.80. The van der Waals surface area contributed by atoms with Crippen LogP contribution in [0, 0.1) is 13.8 Å². The van der Waals surface area contributed by atoms with Gasteiger partial charge in [-0.2, -0.15) is 0 Å². The van der Waals surface area contributed by atoms with Gasteiger partial charge in [0.25, 0.3) is 5.56 Å². The number of hydrogen-bond acceptors (Lipinski definition) is 3. The third-order valence-corrected chi connectivity index (χ3v) is 5.39. The summed E-state index contributed by atoms with van der Waals surface area (Å²) in [6, 6.07) is 14.9. The molecular weight excluding hydrogens is 380 g/mol. The molecular formula is C24H22N2O4. The van der Waals surface area contributed by atoms with Crippen LogP contribution in [0.25, 0.3) is 22.0 Å². The number of aromatic amines is 1. The molecule has 0 saturated carbocycles. The number of carbonyl (C=O) groups is 1. The molecule has 4 aromatic rings. The minimum Gasteiger partial charge on any atom is -0.497 e. The van der Waals surface area contributed by atoms with Gasteiger partial charge in [-0.25, -0.2) is 4.79 Å². The van der Waals surface area contributed by atoms with Crippen LogP contribution in [-0.4, -0.2) is 27.7 Å². The van der Waals surface area contributed by atoms with Crippen LogP contribution >= 0.6 is 0 Å². The highest BCUT2D eigenvalue weighted by Crippen LogP contribution is 2.36. The van der Waals surface area contributed by atoms with E-state index in [0.717, 1.165) is 22.2 Å². The van der Waals surface area contributed by atoms with Crippen LogP contribution in [0.3, 0.4) is 0 Å². The first-order valence-electron chi connectivity index (χ1n) is 9.58. The average Bonchev–Trinajstić information content (AvgIpc) is 3.04. The number of nitrogens with one attached hydrogen (secondary N) is 1. The van der Waals surface area contributed by atoms with E-state index >= 15 is 0 Å². The van der Waals surface area contributed by atoms with E-state index in [2.05, 4.69) is 11.1 Å². The number of ether oxygens (including phenoxy) is 1. The van der Waals surface area contributed by atoms with Gasteiger partial charge in [0.15, 0.2) is 0 Å². The number of fused-ring (bicyclic) bond motifs is 1. The van der Waals surface area contributed by atoms with E-state index in [1.54, 1.807) is 35.9 Å². The van der Waals surface area contributed by atoms with Gasteiger partial charge in [0.1, 0.15) is 11.4 Å². The first-order valence-corrected chi connectivity index (χ1v) is 9.58. The fourth-order valence-electron chi connectivity index (χ4n) is 3.93. The molecule has 0 aliphatic rings. The number of carboxylic acid groups (broad SMARTS) is 1. The van der Waals surface area contributed by atoms with Gasteiger partial charge < -0.3 is 19.4 Å². The number of benzene rings is 2. The van der Waals surface area contributed by atoms with E-state index in [-0.39, 0.29) is 11.3 Å². The maximum absolute atomic E-state index is 12.6. The lowest BCUT2D eigenvalue weighted by atomic mass is 10.0. The topological polar surface area (TPSA) is 84.3 Å². The van der Waals surface area contributed by atoms with Crippen LogP contribution in [0.4, 0.5) is 0 Å². The third-order valence-electron chi connectivity index (χ3n) is 5.39. The summed E-state index contributed by atoms with van der Waals surface area (Å²) in [7, 11) is 1.56. The Labute approximate surface area is 173 Å². The molecule has 0 fully saturated rings. The van der Waals surface area contributed by atoms with E-state index < -0.39 is 5.97 Å². The molecule has 0 aliphatic carbocycles. The summed E-state index contributed by atoms with van der Waals surface area (Å²) in [5.74, 6) is -0.495. The number of carboxylic acids is 1. The zero-order valence-electron chi connectivity index (χ0n) is 17.0. The number of pyridine rings is 1. The summed E-state index contributed by atoms with van der Waals surface area (Å²) in [5, 5.41) is 10.8. The maximum atomic E-state index is 12.6. The molecule has 152 valence electrons. The van der Waals surface area contributed by atoms with Crippen molar-refractivity contribution >= 4 is 16.9 Å². The van der Waals surface area contributed by atoms with E-state index in [1.165, 1.54) is 6.20 Å². The Morgan fingerprint density at radius 3 is 2.60 bits per heavy atom. The molecule has 30 heavy (non-hydrogen) atoms.